The van der Waals surface area contributed by atoms with Gasteiger partial charge in [-0.1, -0.05) is 0 Å². The summed E-state index contributed by atoms with van der Waals surface area (Å²) in [5.41, 5.74) is 1.04. The van der Waals surface area contributed by atoms with Gasteiger partial charge in [-0.25, -0.2) is 0 Å². The maximum atomic E-state index is 12.5. The lowest BCUT2D eigenvalue weighted by Crippen LogP contribution is -2.38. The van der Waals surface area contributed by atoms with Crippen LogP contribution in [-0.4, -0.2) is 32.2 Å². The van der Waals surface area contributed by atoms with Crippen LogP contribution in [-0.2, 0) is 4.79 Å². The number of anilines is 2. The molecular weight excluding hydrogens is 295 g/mol. The van der Waals surface area contributed by atoms with Gasteiger partial charge >= 0.3 is 12.1 Å². The summed E-state index contributed by atoms with van der Waals surface area (Å²) in [6, 6.07) is 6.38. The molecule has 0 aromatic heterocycles. The molecule has 7 heteroatoms. The number of hydrogen-bond acceptors (Lipinski definition) is 3. The lowest BCUT2D eigenvalue weighted by Gasteiger charge is -2.30. The zero-order valence-electron chi connectivity index (χ0n) is 12.2. The van der Waals surface area contributed by atoms with E-state index in [0.29, 0.717) is 10.6 Å². The summed E-state index contributed by atoms with van der Waals surface area (Å²) in [5.74, 6) is -1.96. The van der Waals surface area contributed by atoms with Gasteiger partial charge in [0.1, 0.15) is 6.07 Å². The number of nitriles is 1. The van der Waals surface area contributed by atoms with Crippen LogP contribution in [0.5, 0.6) is 0 Å². The fraction of sp³-hybridized carbons (Fsp3) is 0.467. The molecule has 0 spiro atoms. The number of rotatable bonds is 2. The van der Waals surface area contributed by atoms with Crippen LogP contribution in [0.15, 0.2) is 18.2 Å². The number of benzene rings is 1. The zero-order chi connectivity index (χ0) is 16.3. The smallest absolute Gasteiger partial charge is 0.370 e. The number of nitrogens with zero attached hydrogens (tertiary/aromatic N) is 3. The van der Waals surface area contributed by atoms with E-state index < -0.39 is 12.1 Å². The number of carbonyl (C=O) groups excluding carboxylic acids is 1. The number of amides is 1. The molecule has 1 saturated heterocycles. The molecule has 0 N–H and O–H groups in total. The fourth-order valence-corrected chi connectivity index (χ4v) is 2.54. The second-order valence-electron chi connectivity index (χ2n) is 5.22. The van der Waals surface area contributed by atoms with Gasteiger partial charge in [0.15, 0.2) is 0 Å². The van der Waals surface area contributed by atoms with Gasteiger partial charge in [-0.15, -0.1) is 0 Å². The summed E-state index contributed by atoms with van der Waals surface area (Å²) < 4.78 is 37.4. The van der Waals surface area contributed by atoms with Gasteiger partial charge in [-0.3, -0.25) is 4.79 Å². The van der Waals surface area contributed by atoms with Gasteiger partial charge in [-0.05, 0) is 37.5 Å². The number of carbonyl (C=O) groups is 1. The van der Waals surface area contributed by atoms with Gasteiger partial charge in [-0.2, -0.15) is 18.4 Å². The molecule has 1 aliphatic rings. The van der Waals surface area contributed by atoms with E-state index >= 15 is 0 Å². The maximum absolute atomic E-state index is 12.5. The Kier molecular flexibility index (Phi) is 4.59. The third-order valence-electron chi connectivity index (χ3n) is 3.73. The molecule has 0 bridgehead atoms. The summed E-state index contributed by atoms with van der Waals surface area (Å²) in [4.78, 5) is 13.8. The minimum atomic E-state index is -4.94. The Morgan fingerprint density at radius 1 is 1.27 bits per heavy atom. The van der Waals surface area contributed by atoms with Gasteiger partial charge in [0.2, 0.25) is 0 Å². The average Bonchev–Trinajstić information content (AvgIpc) is 2.52. The third-order valence-corrected chi connectivity index (χ3v) is 3.73. The average molecular weight is 311 g/mol. The molecule has 1 aromatic rings. The molecule has 0 aliphatic carbocycles. The van der Waals surface area contributed by atoms with Gasteiger partial charge in [0.25, 0.3) is 0 Å². The molecule has 118 valence electrons. The summed E-state index contributed by atoms with van der Waals surface area (Å²) in [7, 11) is 1.05. The van der Waals surface area contributed by atoms with Crippen molar-refractivity contribution in [3.8, 4) is 6.07 Å². The highest BCUT2D eigenvalue weighted by Crippen LogP contribution is 2.29. The maximum Gasteiger partial charge on any atom is 0.471 e. The van der Waals surface area contributed by atoms with E-state index in [-0.39, 0.29) is 11.3 Å². The second kappa shape index (κ2) is 6.26. The summed E-state index contributed by atoms with van der Waals surface area (Å²) in [6.45, 7) is 1.65. The molecule has 0 saturated carbocycles. The molecule has 1 amide bonds. The summed E-state index contributed by atoms with van der Waals surface area (Å²) >= 11 is 0. The second-order valence-corrected chi connectivity index (χ2v) is 5.22. The quantitative estimate of drug-likeness (QED) is 0.843. The Bertz CT molecular complexity index is 601. The Morgan fingerprint density at radius 2 is 1.91 bits per heavy atom. The summed E-state index contributed by atoms with van der Waals surface area (Å²) in [5, 5.41) is 9.25. The van der Waals surface area contributed by atoms with Crippen molar-refractivity contribution in [1.82, 2.24) is 0 Å². The van der Waals surface area contributed by atoms with E-state index in [1.165, 1.54) is 12.1 Å². The Labute approximate surface area is 126 Å². The normalized spacial score (nSPS) is 15.3. The van der Waals surface area contributed by atoms with E-state index in [0.717, 1.165) is 39.4 Å². The van der Waals surface area contributed by atoms with Crippen LogP contribution in [0.3, 0.4) is 0 Å². The predicted molar refractivity (Wildman–Crippen MR) is 76.7 cm³/mol. The highest BCUT2D eigenvalue weighted by Gasteiger charge is 2.41. The zero-order valence-corrected chi connectivity index (χ0v) is 12.2. The molecule has 0 atom stereocenters. The topological polar surface area (TPSA) is 47.3 Å². The highest BCUT2D eigenvalue weighted by atomic mass is 19.4. The summed E-state index contributed by atoms with van der Waals surface area (Å²) in [6.07, 6.45) is -1.75. The van der Waals surface area contributed by atoms with Crippen LogP contribution in [0.2, 0.25) is 0 Å². The molecule has 22 heavy (non-hydrogen) atoms. The van der Waals surface area contributed by atoms with Crippen molar-refractivity contribution in [2.24, 2.45) is 0 Å². The van der Waals surface area contributed by atoms with Crippen molar-refractivity contribution < 1.29 is 18.0 Å². The monoisotopic (exact) mass is 311 g/mol. The minimum absolute atomic E-state index is 0.0552. The van der Waals surface area contributed by atoms with Crippen molar-refractivity contribution in [3.63, 3.8) is 0 Å². The van der Waals surface area contributed by atoms with Crippen LogP contribution in [0, 0.1) is 11.3 Å². The van der Waals surface area contributed by atoms with Gasteiger partial charge in [0.05, 0.1) is 11.3 Å². The Morgan fingerprint density at radius 3 is 2.45 bits per heavy atom. The fourth-order valence-electron chi connectivity index (χ4n) is 2.54. The first-order valence-corrected chi connectivity index (χ1v) is 6.98. The van der Waals surface area contributed by atoms with Crippen LogP contribution in [0.4, 0.5) is 24.5 Å². The standard InChI is InChI=1S/C15H16F3N3O/c1-20(14(22)15(16,17)18)12-5-6-13(11(9-12)10-19)21-7-3-2-4-8-21/h5-6,9H,2-4,7-8H2,1H3. The van der Waals surface area contributed by atoms with E-state index in [1.807, 2.05) is 6.07 Å². The van der Waals surface area contributed by atoms with Crippen molar-refractivity contribution in [3.05, 3.63) is 23.8 Å². The molecule has 1 aromatic carbocycles. The molecule has 0 radical (unpaired) electrons. The first-order valence-electron chi connectivity index (χ1n) is 6.98. The Hall–Kier alpha value is -2.23. The molecule has 4 nitrogen and oxygen atoms in total. The van der Waals surface area contributed by atoms with E-state index in [9.17, 15) is 23.2 Å². The van der Waals surface area contributed by atoms with Crippen LogP contribution < -0.4 is 9.80 Å². The van der Waals surface area contributed by atoms with Gasteiger partial charge < -0.3 is 9.80 Å². The van der Waals surface area contributed by atoms with Crippen molar-refractivity contribution in [2.45, 2.75) is 25.4 Å². The minimum Gasteiger partial charge on any atom is -0.370 e. The highest BCUT2D eigenvalue weighted by molar-refractivity contribution is 5.97. The lowest BCUT2D eigenvalue weighted by molar-refractivity contribution is -0.170. The lowest BCUT2D eigenvalue weighted by atomic mass is 10.1. The van der Waals surface area contributed by atoms with Crippen LogP contribution >= 0.6 is 0 Å². The van der Waals surface area contributed by atoms with Crippen molar-refractivity contribution in [1.29, 1.82) is 5.26 Å². The first kappa shape index (κ1) is 16.1. The van der Waals surface area contributed by atoms with Crippen LogP contribution in [0.25, 0.3) is 0 Å². The SMILES string of the molecule is CN(C(=O)C(F)(F)F)c1ccc(N2CCCCC2)c(C#N)c1. The van der Waals surface area contributed by atoms with Crippen molar-refractivity contribution >= 4 is 17.3 Å². The van der Waals surface area contributed by atoms with E-state index in [2.05, 4.69) is 4.90 Å². The molecule has 0 unspecified atom stereocenters. The molecule has 1 heterocycles. The number of piperidine rings is 1. The van der Waals surface area contributed by atoms with Crippen molar-refractivity contribution in [2.75, 3.05) is 29.9 Å². The molecular formula is C15H16F3N3O. The number of halogens is 3. The van der Waals surface area contributed by atoms with Crippen LogP contribution in [0.1, 0.15) is 24.8 Å². The molecule has 1 fully saturated rings. The van der Waals surface area contributed by atoms with Gasteiger partial charge in [0, 0.05) is 25.8 Å². The first-order chi connectivity index (χ1) is 10.3. The predicted octanol–water partition coefficient (Wildman–Crippen LogP) is 3.07. The molecule has 2 rings (SSSR count). The third kappa shape index (κ3) is 3.32. The number of hydrogen-bond donors (Lipinski definition) is 0. The Balaban J connectivity index is 2.29. The van der Waals surface area contributed by atoms with E-state index in [1.54, 1.807) is 6.07 Å². The largest absolute Gasteiger partial charge is 0.471 e. The van der Waals surface area contributed by atoms with E-state index in [4.69, 9.17) is 0 Å². The number of alkyl halides is 3. The molecule has 1 aliphatic heterocycles.